The first-order valence-corrected chi connectivity index (χ1v) is 7.24. The third-order valence-electron chi connectivity index (χ3n) is 3.12. The summed E-state index contributed by atoms with van der Waals surface area (Å²) < 4.78 is 0. The zero-order valence-electron chi connectivity index (χ0n) is 13.2. The van der Waals surface area contributed by atoms with Gasteiger partial charge in [0.15, 0.2) is 0 Å². The molecule has 3 amide bonds. The van der Waals surface area contributed by atoms with Crippen LogP contribution < -0.4 is 16.0 Å². The average Bonchev–Trinajstić information content (AvgIpc) is 2.45. The van der Waals surface area contributed by atoms with E-state index in [9.17, 15) is 14.4 Å². The summed E-state index contributed by atoms with van der Waals surface area (Å²) in [6.45, 7) is 3.14. The smallest absolute Gasteiger partial charge is 0.242 e. The summed E-state index contributed by atoms with van der Waals surface area (Å²) >= 11 is 0. The maximum atomic E-state index is 12.0. The molecule has 0 radical (unpaired) electrons. The van der Waals surface area contributed by atoms with E-state index >= 15 is 0 Å². The maximum Gasteiger partial charge on any atom is 0.242 e. The standard InChI is InChI=1S/C16H23N3O3/c1-11(18-12(2)20)9-15(21)19-14(16(22)17-3)10-13-7-5-4-6-8-13/h4-8,11,14H,9-10H2,1-3H3,(H,17,22)(H,18,20)(H,19,21)/t11-,14-/m0/s1. The van der Waals surface area contributed by atoms with Crippen LogP contribution in [0.15, 0.2) is 30.3 Å². The van der Waals surface area contributed by atoms with E-state index in [1.165, 1.54) is 14.0 Å². The zero-order chi connectivity index (χ0) is 16.5. The lowest BCUT2D eigenvalue weighted by atomic mass is 10.0. The summed E-state index contributed by atoms with van der Waals surface area (Å²) in [7, 11) is 1.53. The fraction of sp³-hybridized carbons (Fsp3) is 0.438. The molecular weight excluding hydrogens is 282 g/mol. The summed E-state index contributed by atoms with van der Waals surface area (Å²) in [6, 6.07) is 8.56. The molecule has 0 spiro atoms. The predicted octanol–water partition coefficient (Wildman–Crippen LogP) is 0.375. The van der Waals surface area contributed by atoms with E-state index in [4.69, 9.17) is 0 Å². The Bertz CT molecular complexity index is 517. The highest BCUT2D eigenvalue weighted by atomic mass is 16.2. The number of likely N-dealkylation sites (N-methyl/N-ethyl adjacent to an activating group) is 1. The van der Waals surface area contributed by atoms with Crippen molar-refractivity contribution in [2.45, 2.75) is 38.8 Å². The molecular formula is C16H23N3O3. The molecule has 0 aromatic heterocycles. The Morgan fingerprint density at radius 3 is 2.27 bits per heavy atom. The van der Waals surface area contributed by atoms with Crippen molar-refractivity contribution >= 4 is 17.7 Å². The highest BCUT2D eigenvalue weighted by Gasteiger charge is 2.21. The molecule has 0 saturated carbocycles. The SMILES string of the molecule is CNC(=O)[C@H](Cc1ccccc1)NC(=O)C[C@H](C)NC(C)=O. The molecule has 0 aliphatic heterocycles. The van der Waals surface area contributed by atoms with Gasteiger partial charge in [-0.25, -0.2) is 0 Å². The Morgan fingerprint density at radius 2 is 1.73 bits per heavy atom. The average molecular weight is 305 g/mol. The quantitative estimate of drug-likeness (QED) is 0.680. The van der Waals surface area contributed by atoms with E-state index in [0.717, 1.165) is 5.56 Å². The van der Waals surface area contributed by atoms with Crippen molar-refractivity contribution in [3.05, 3.63) is 35.9 Å². The number of amides is 3. The zero-order valence-corrected chi connectivity index (χ0v) is 13.2. The van der Waals surface area contributed by atoms with Crippen molar-refractivity contribution in [2.75, 3.05) is 7.05 Å². The minimum absolute atomic E-state index is 0.127. The molecule has 1 aromatic carbocycles. The van der Waals surface area contributed by atoms with Crippen molar-refractivity contribution in [3.8, 4) is 0 Å². The highest BCUT2D eigenvalue weighted by Crippen LogP contribution is 2.04. The van der Waals surface area contributed by atoms with Crippen molar-refractivity contribution in [1.29, 1.82) is 0 Å². The Labute approximate surface area is 130 Å². The van der Waals surface area contributed by atoms with Crippen molar-refractivity contribution in [1.82, 2.24) is 16.0 Å². The van der Waals surface area contributed by atoms with E-state index in [0.29, 0.717) is 6.42 Å². The Morgan fingerprint density at radius 1 is 1.09 bits per heavy atom. The summed E-state index contributed by atoms with van der Waals surface area (Å²) in [6.07, 6.45) is 0.544. The first-order chi connectivity index (χ1) is 10.4. The van der Waals surface area contributed by atoms with Gasteiger partial charge in [0, 0.05) is 32.9 Å². The summed E-state index contributed by atoms with van der Waals surface area (Å²) in [5.74, 6) is -0.706. The van der Waals surface area contributed by atoms with Crippen LogP contribution in [0.4, 0.5) is 0 Å². The molecule has 0 saturated heterocycles. The van der Waals surface area contributed by atoms with Crippen LogP contribution in [0.1, 0.15) is 25.8 Å². The lowest BCUT2D eigenvalue weighted by Gasteiger charge is -2.19. The molecule has 1 aromatic rings. The molecule has 0 aliphatic carbocycles. The summed E-state index contributed by atoms with van der Waals surface area (Å²) in [5.41, 5.74) is 0.964. The van der Waals surface area contributed by atoms with Gasteiger partial charge in [0.25, 0.3) is 0 Å². The molecule has 3 N–H and O–H groups in total. The van der Waals surface area contributed by atoms with Crippen molar-refractivity contribution in [2.24, 2.45) is 0 Å². The van der Waals surface area contributed by atoms with Crippen LogP contribution in [0.3, 0.4) is 0 Å². The summed E-state index contributed by atoms with van der Waals surface area (Å²) in [4.78, 5) is 34.9. The molecule has 22 heavy (non-hydrogen) atoms. The van der Waals surface area contributed by atoms with Gasteiger partial charge in [0.2, 0.25) is 17.7 Å². The molecule has 0 aliphatic rings. The third-order valence-corrected chi connectivity index (χ3v) is 3.12. The molecule has 6 heteroatoms. The topological polar surface area (TPSA) is 87.3 Å². The molecule has 0 bridgehead atoms. The largest absolute Gasteiger partial charge is 0.357 e. The molecule has 0 fully saturated rings. The van der Waals surface area contributed by atoms with Crippen LogP contribution >= 0.6 is 0 Å². The maximum absolute atomic E-state index is 12.0. The van der Waals surface area contributed by atoms with E-state index in [1.54, 1.807) is 6.92 Å². The van der Waals surface area contributed by atoms with Gasteiger partial charge in [-0.05, 0) is 12.5 Å². The van der Waals surface area contributed by atoms with Gasteiger partial charge in [0.1, 0.15) is 6.04 Å². The van der Waals surface area contributed by atoms with Crippen LogP contribution in [0.25, 0.3) is 0 Å². The number of hydrogen-bond acceptors (Lipinski definition) is 3. The Balaban J connectivity index is 2.63. The fourth-order valence-corrected chi connectivity index (χ4v) is 2.16. The first-order valence-electron chi connectivity index (χ1n) is 7.24. The molecule has 0 unspecified atom stereocenters. The molecule has 2 atom stereocenters. The van der Waals surface area contributed by atoms with Crippen LogP contribution in [-0.2, 0) is 20.8 Å². The van der Waals surface area contributed by atoms with E-state index in [2.05, 4.69) is 16.0 Å². The predicted molar refractivity (Wildman–Crippen MR) is 84.0 cm³/mol. The van der Waals surface area contributed by atoms with E-state index in [-0.39, 0.29) is 30.2 Å². The lowest BCUT2D eigenvalue weighted by molar-refractivity contribution is -0.129. The number of nitrogens with one attached hydrogen (secondary N) is 3. The minimum Gasteiger partial charge on any atom is -0.357 e. The van der Waals surface area contributed by atoms with Gasteiger partial charge in [-0.2, -0.15) is 0 Å². The highest BCUT2D eigenvalue weighted by molar-refractivity contribution is 5.88. The van der Waals surface area contributed by atoms with Crippen LogP contribution in [-0.4, -0.2) is 36.9 Å². The Kier molecular flexibility index (Phi) is 7.08. The fourth-order valence-electron chi connectivity index (χ4n) is 2.16. The van der Waals surface area contributed by atoms with Gasteiger partial charge in [-0.1, -0.05) is 30.3 Å². The summed E-state index contributed by atoms with van der Waals surface area (Å²) in [5, 5.41) is 7.91. The first kappa shape index (κ1) is 17.7. The van der Waals surface area contributed by atoms with Crippen LogP contribution in [0.5, 0.6) is 0 Å². The number of carbonyl (C=O) groups excluding carboxylic acids is 3. The molecule has 6 nitrogen and oxygen atoms in total. The second-order valence-electron chi connectivity index (χ2n) is 5.23. The van der Waals surface area contributed by atoms with Gasteiger partial charge in [0.05, 0.1) is 0 Å². The number of rotatable bonds is 7. The second-order valence-corrected chi connectivity index (χ2v) is 5.23. The molecule has 0 heterocycles. The minimum atomic E-state index is -0.635. The normalized spacial score (nSPS) is 12.9. The number of hydrogen-bond donors (Lipinski definition) is 3. The van der Waals surface area contributed by atoms with Gasteiger partial charge in [-0.3, -0.25) is 14.4 Å². The molecule has 120 valence electrons. The lowest BCUT2D eigenvalue weighted by Crippen LogP contribution is -2.48. The monoisotopic (exact) mass is 305 g/mol. The second kappa shape index (κ2) is 8.81. The van der Waals surface area contributed by atoms with E-state index < -0.39 is 6.04 Å². The molecule has 1 rings (SSSR count). The third kappa shape index (κ3) is 6.39. The van der Waals surface area contributed by atoms with Crippen LogP contribution in [0, 0.1) is 0 Å². The Hall–Kier alpha value is -2.37. The van der Waals surface area contributed by atoms with Crippen molar-refractivity contribution < 1.29 is 14.4 Å². The van der Waals surface area contributed by atoms with Gasteiger partial charge in [-0.15, -0.1) is 0 Å². The van der Waals surface area contributed by atoms with E-state index in [1.807, 2.05) is 30.3 Å². The van der Waals surface area contributed by atoms with Gasteiger partial charge >= 0.3 is 0 Å². The number of benzene rings is 1. The van der Waals surface area contributed by atoms with Gasteiger partial charge < -0.3 is 16.0 Å². The van der Waals surface area contributed by atoms with Crippen molar-refractivity contribution in [3.63, 3.8) is 0 Å². The van der Waals surface area contributed by atoms with Crippen LogP contribution in [0.2, 0.25) is 0 Å². The number of carbonyl (C=O) groups is 3.